The second kappa shape index (κ2) is 16.2. The summed E-state index contributed by atoms with van der Waals surface area (Å²) in [6.45, 7) is 5.83. The van der Waals surface area contributed by atoms with E-state index in [1.807, 2.05) is 44.9 Å². The largest absolute Gasteiger partial charge is 0.460 e. The fourth-order valence-electron chi connectivity index (χ4n) is 6.71. The Balaban J connectivity index is 1.41. The van der Waals surface area contributed by atoms with Gasteiger partial charge in [-0.2, -0.15) is 0 Å². The van der Waals surface area contributed by atoms with Crippen LogP contribution in [0.15, 0.2) is 42.5 Å². The standard InChI is InChI=1S/C36H51N3O6/c1-36(2,3)45-35(41)23-26-15-17-30(18-16-26)44-31-19-21-33(39(42)43)28(24-31)25-37-32(27-11-7-5-8-12-27)20-22-34(40)38(4)29-13-9-6-10-14-29/h15-19,21,24,27,29,32,37H,5-14,20,22-23,25H2,1-4H3. The maximum atomic E-state index is 13.2. The number of rotatable bonds is 13. The number of amides is 1. The average molecular weight is 622 g/mol. The fraction of sp³-hybridized carbons (Fsp3) is 0.611. The van der Waals surface area contributed by atoms with Crippen molar-refractivity contribution in [2.24, 2.45) is 5.92 Å². The van der Waals surface area contributed by atoms with Gasteiger partial charge < -0.3 is 19.7 Å². The molecule has 0 heterocycles. The van der Waals surface area contributed by atoms with Gasteiger partial charge in [-0.25, -0.2) is 0 Å². The van der Waals surface area contributed by atoms with E-state index in [9.17, 15) is 19.7 Å². The Kier molecular flexibility index (Phi) is 12.4. The number of benzene rings is 2. The lowest BCUT2D eigenvalue weighted by Crippen LogP contribution is -2.41. The first-order valence-corrected chi connectivity index (χ1v) is 16.7. The van der Waals surface area contributed by atoms with Crippen molar-refractivity contribution in [3.63, 3.8) is 0 Å². The molecule has 9 heteroatoms. The van der Waals surface area contributed by atoms with Crippen LogP contribution in [0, 0.1) is 16.0 Å². The number of carbonyl (C=O) groups is 2. The monoisotopic (exact) mass is 621 g/mol. The van der Waals surface area contributed by atoms with Gasteiger partial charge >= 0.3 is 5.97 Å². The second-order valence-corrected chi connectivity index (χ2v) is 13.8. The third-order valence-electron chi connectivity index (χ3n) is 9.13. The molecule has 1 atom stereocenters. The van der Waals surface area contributed by atoms with Crippen molar-refractivity contribution >= 4 is 17.6 Å². The molecule has 1 unspecified atom stereocenters. The lowest BCUT2D eigenvalue weighted by Gasteiger charge is -2.33. The van der Waals surface area contributed by atoms with Crippen LogP contribution in [0.3, 0.4) is 0 Å². The van der Waals surface area contributed by atoms with Crippen molar-refractivity contribution < 1.29 is 24.0 Å². The maximum Gasteiger partial charge on any atom is 0.310 e. The molecule has 9 nitrogen and oxygen atoms in total. The van der Waals surface area contributed by atoms with E-state index in [0.717, 1.165) is 37.7 Å². The predicted molar refractivity (Wildman–Crippen MR) is 175 cm³/mol. The van der Waals surface area contributed by atoms with E-state index in [1.54, 1.807) is 24.3 Å². The summed E-state index contributed by atoms with van der Waals surface area (Å²) in [6.07, 6.45) is 13.0. The van der Waals surface area contributed by atoms with Gasteiger partial charge in [0.1, 0.15) is 17.1 Å². The number of nitro benzene ring substituents is 1. The van der Waals surface area contributed by atoms with Crippen molar-refractivity contribution in [2.75, 3.05) is 7.05 Å². The van der Waals surface area contributed by atoms with E-state index in [-0.39, 0.29) is 34.9 Å². The van der Waals surface area contributed by atoms with Crippen LogP contribution >= 0.6 is 0 Å². The van der Waals surface area contributed by atoms with Crippen LogP contribution in [0.25, 0.3) is 0 Å². The molecule has 2 aromatic rings. The average Bonchev–Trinajstić information content (AvgIpc) is 3.01. The van der Waals surface area contributed by atoms with Crippen LogP contribution in [-0.2, 0) is 27.3 Å². The molecular weight excluding hydrogens is 570 g/mol. The third-order valence-corrected chi connectivity index (χ3v) is 9.13. The number of ether oxygens (including phenoxy) is 2. The van der Waals surface area contributed by atoms with E-state index in [2.05, 4.69) is 5.32 Å². The smallest absolute Gasteiger partial charge is 0.310 e. The van der Waals surface area contributed by atoms with Gasteiger partial charge in [0.25, 0.3) is 5.69 Å². The number of nitro groups is 1. The van der Waals surface area contributed by atoms with E-state index in [4.69, 9.17) is 9.47 Å². The van der Waals surface area contributed by atoms with Crippen molar-refractivity contribution in [3.05, 3.63) is 63.7 Å². The van der Waals surface area contributed by atoms with Crippen LogP contribution in [-0.4, -0.2) is 46.4 Å². The number of nitrogens with one attached hydrogen (secondary N) is 1. The van der Waals surface area contributed by atoms with Crippen LogP contribution in [0.1, 0.15) is 109 Å². The Morgan fingerprint density at radius 3 is 2.20 bits per heavy atom. The summed E-state index contributed by atoms with van der Waals surface area (Å²) >= 11 is 0. The van der Waals surface area contributed by atoms with Gasteiger partial charge in [-0.05, 0) is 88.6 Å². The molecule has 2 aromatic carbocycles. The summed E-state index contributed by atoms with van der Waals surface area (Å²) in [5.74, 6) is 1.41. The highest BCUT2D eigenvalue weighted by Crippen LogP contribution is 2.32. The Hall–Kier alpha value is -3.46. The lowest BCUT2D eigenvalue weighted by molar-refractivity contribution is -0.385. The molecule has 0 aromatic heterocycles. The molecule has 0 saturated heterocycles. The zero-order valence-corrected chi connectivity index (χ0v) is 27.5. The summed E-state index contributed by atoms with van der Waals surface area (Å²) in [5.41, 5.74) is 0.854. The molecule has 2 aliphatic carbocycles. The predicted octanol–water partition coefficient (Wildman–Crippen LogP) is 7.88. The van der Waals surface area contributed by atoms with E-state index < -0.39 is 5.60 Å². The first-order chi connectivity index (χ1) is 21.5. The minimum Gasteiger partial charge on any atom is -0.460 e. The summed E-state index contributed by atoms with van der Waals surface area (Å²) in [5, 5.41) is 15.6. The van der Waals surface area contributed by atoms with Crippen LogP contribution in [0.2, 0.25) is 0 Å². The topological polar surface area (TPSA) is 111 Å². The normalized spacial score (nSPS) is 17.0. The summed E-state index contributed by atoms with van der Waals surface area (Å²) < 4.78 is 11.5. The van der Waals surface area contributed by atoms with Crippen LogP contribution in [0.5, 0.6) is 11.5 Å². The molecule has 1 N–H and O–H groups in total. The van der Waals surface area contributed by atoms with Gasteiger partial charge in [0.2, 0.25) is 5.91 Å². The molecule has 246 valence electrons. The van der Waals surface area contributed by atoms with Crippen LogP contribution in [0.4, 0.5) is 5.69 Å². The van der Waals surface area contributed by atoms with E-state index in [1.165, 1.54) is 44.6 Å². The molecule has 0 bridgehead atoms. The lowest BCUT2D eigenvalue weighted by atomic mass is 9.82. The second-order valence-electron chi connectivity index (χ2n) is 13.8. The molecule has 2 saturated carbocycles. The number of esters is 1. The zero-order valence-electron chi connectivity index (χ0n) is 27.5. The molecule has 2 fully saturated rings. The molecule has 1 amide bonds. The highest BCUT2D eigenvalue weighted by atomic mass is 16.6. The summed E-state index contributed by atoms with van der Waals surface area (Å²) in [7, 11) is 1.95. The van der Waals surface area contributed by atoms with Crippen molar-refractivity contribution in [3.8, 4) is 11.5 Å². The van der Waals surface area contributed by atoms with E-state index in [0.29, 0.717) is 42.0 Å². The maximum absolute atomic E-state index is 13.2. The van der Waals surface area contributed by atoms with Gasteiger partial charge in [0.05, 0.1) is 11.3 Å². The van der Waals surface area contributed by atoms with Crippen molar-refractivity contribution in [1.29, 1.82) is 0 Å². The molecule has 4 rings (SSSR count). The number of nitrogens with zero attached hydrogens (tertiary/aromatic N) is 2. The van der Waals surface area contributed by atoms with Gasteiger partial charge in [-0.15, -0.1) is 0 Å². The number of carbonyl (C=O) groups excluding carboxylic acids is 2. The molecule has 2 aliphatic rings. The minimum atomic E-state index is -0.540. The molecule has 0 radical (unpaired) electrons. The Morgan fingerprint density at radius 2 is 1.58 bits per heavy atom. The minimum absolute atomic E-state index is 0.0399. The first-order valence-electron chi connectivity index (χ1n) is 16.7. The quantitative estimate of drug-likeness (QED) is 0.138. The first kappa shape index (κ1) is 34.4. The van der Waals surface area contributed by atoms with E-state index >= 15 is 0 Å². The summed E-state index contributed by atoms with van der Waals surface area (Å²) in [6, 6.07) is 12.5. The van der Waals surface area contributed by atoms with Crippen LogP contribution < -0.4 is 10.1 Å². The Labute approximate surface area is 268 Å². The highest BCUT2D eigenvalue weighted by Gasteiger charge is 2.27. The molecule has 0 aliphatic heterocycles. The molecule has 0 spiro atoms. The third kappa shape index (κ3) is 10.8. The fourth-order valence-corrected chi connectivity index (χ4v) is 6.71. The Morgan fingerprint density at radius 1 is 0.956 bits per heavy atom. The van der Waals surface area contributed by atoms with Gasteiger partial charge in [0, 0.05) is 43.7 Å². The highest BCUT2D eigenvalue weighted by molar-refractivity contribution is 5.76. The van der Waals surface area contributed by atoms with Gasteiger partial charge in [0.15, 0.2) is 0 Å². The van der Waals surface area contributed by atoms with Gasteiger partial charge in [-0.1, -0.05) is 50.7 Å². The summed E-state index contributed by atoms with van der Waals surface area (Å²) in [4.78, 5) is 38.9. The van der Waals surface area contributed by atoms with Crippen molar-refractivity contribution in [2.45, 2.75) is 128 Å². The van der Waals surface area contributed by atoms with Gasteiger partial charge in [-0.3, -0.25) is 19.7 Å². The zero-order chi connectivity index (χ0) is 32.4. The number of hydrogen-bond acceptors (Lipinski definition) is 7. The Bertz CT molecular complexity index is 1280. The molecule has 45 heavy (non-hydrogen) atoms. The SMILES string of the molecule is CN(C(=O)CCC(NCc1cc(Oc2ccc(CC(=O)OC(C)(C)C)cc2)ccc1[N+](=O)[O-])C1CCCCC1)C1CCCCC1. The molecular formula is C36H51N3O6. The number of hydrogen-bond donors (Lipinski definition) is 1. The van der Waals surface area contributed by atoms with Crippen molar-refractivity contribution in [1.82, 2.24) is 10.2 Å².